The summed E-state index contributed by atoms with van der Waals surface area (Å²) < 4.78 is 10.3. The fourth-order valence-electron chi connectivity index (χ4n) is 1.23. The first-order valence-electron chi connectivity index (χ1n) is 4.46. The van der Waals surface area contributed by atoms with Gasteiger partial charge >= 0.3 is 5.97 Å². The lowest BCUT2D eigenvalue weighted by molar-refractivity contribution is -0.135. The molecule has 1 heterocycles. The van der Waals surface area contributed by atoms with E-state index in [1.807, 2.05) is 0 Å². The van der Waals surface area contributed by atoms with Gasteiger partial charge in [-0.1, -0.05) is 23.4 Å². The van der Waals surface area contributed by atoms with Gasteiger partial charge in [0.25, 0.3) is 0 Å². The van der Waals surface area contributed by atoms with E-state index in [-0.39, 0.29) is 13.2 Å². The molecule has 0 saturated heterocycles. The predicted molar refractivity (Wildman–Crippen MR) is 56.7 cm³/mol. The van der Waals surface area contributed by atoms with Gasteiger partial charge in [-0.2, -0.15) is 0 Å². The summed E-state index contributed by atoms with van der Waals surface area (Å²) in [4.78, 5) is 10.3. The molecule has 0 aromatic heterocycles. The Bertz CT molecular complexity index is 499. The van der Waals surface area contributed by atoms with Crippen LogP contribution in [0.2, 0.25) is 5.02 Å². The van der Waals surface area contributed by atoms with E-state index in [1.165, 1.54) is 0 Å². The summed E-state index contributed by atoms with van der Waals surface area (Å²) in [5, 5.41) is 8.85. The summed E-state index contributed by atoms with van der Waals surface area (Å²) in [6.07, 6.45) is -0.217. The van der Waals surface area contributed by atoms with Gasteiger partial charge in [-0.15, -0.1) is 0 Å². The number of ether oxygens (including phenoxy) is 2. The highest BCUT2D eigenvalue weighted by Gasteiger charge is 2.15. The molecule has 0 amide bonds. The van der Waals surface area contributed by atoms with Gasteiger partial charge in [0.05, 0.1) is 5.02 Å². The topological polar surface area (TPSA) is 55.8 Å². The molecular weight excluding hydrogens is 232 g/mol. The Morgan fingerprint density at radius 2 is 2.12 bits per heavy atom. The van der Waals surface area contributed by atoms with E-state index >= 15 is 0 Å². The fourth-order valence-corrected chi connectivity index (χ4v) is 1.43. The minimum Gasteiger partial charge on any atom is -0.481 e. The second-order valence-electron chi connectivity index (χ2n) is 3.06. The maximum atomic E-state index is 10.3. The van der Waals surface area contributed by atoms with Crippen molar-refractivity contribution in [2.75, 3.05) is 6.79 Å². The van der Waals surface area contributed by atoms with E-state index in [1.54, 1.807) is 12.1 Å². The van der Waals surface area contributed by atoms with Crippen LogP contribution in [0.4, 0.5) is 0 Å². The smallest absolute Gasteiger partial charge is 0.315 e. The Labute approximate surface area is 96.7 Å². The molecule has 0 atom stereocenters. The molecule has 5 heteroatoms. The number of carboxylic acid groups (broad SMARTS) is 1. The molecule has 82 valence electrons. The number of benzene rings is 1. The molecule has 0 unspecified atom stereocenters. The maximum absolute atomic E-state index is 10.3. The molecule has 0 fully saturated rings. The van der Waals surface area contributed by atoms with Crippen molar-refractivity contribution in [2.45, 2.75) is 6.42 Å². The number of rotatable bonds is 1. The lowest BCUT2D eigenvalue weighted by Gasteiger charge is -1.99. The largest absolute Gasteiger partial charge is 0.481 e. The number of carboxylic acids is 1. The van der Waals surface area contributed by atoms with Crippen LogP contribution < -0.4 is 9.47 Å². The molecule has 0 bridgehead atoms. The van der Waals surface area contributed by atoms with Crippen LogP contribution in [-0.2, 0) is 4.79 Å². The fraction of sp³-hybridized carbons (Fsp3) is 0.182. The van der Waals surface area contributed by atoms with E-state index in [4.69, 9.17) is 26.2 Å². The molecule has 0 aliphatic carbocycles. The van der Waals surface area contributed by atoms with Crippen LogP contribution in [0.3, 0.4) is 0 Å². The Hall–Kier alpha value is -1.86. The monoisotopic (exact) mass is 238 g/mol. The first-order chi connectivity index (χ1) is 7.66. The molecule has 0 spiro atoms. The third kappa shape index (κ3) is 2.20. The second kappa shape index (κ2) is 4.33. The van der Waals surface area contributed by atoms with Gasteiger partial charge in [0.1, 0.15) is 6.42 Å². The molecule has 0 saturated carbocycles. The van der Waals surface area contributed by atoms with Gasteiger partial charge < -0.3 is 14.6 Å². The van der Waals surface area contributed by atoms with Gasteiger partial charge in [-0.05, 0) is 0 Å². The van der Waals surface area contributed by atoms with E-state index in [9.17, 15) is 4.79 Å². The van der Waals surface area contributed by atoms with Crippen LogP contribution in [-0.4, -0.2) is 17.9 Å². The first kappa shape index (κ1) is 10.7. The van der Waals surface area contributed by atoms with E-state index < -0.39 is 5.97 Å². The van der Waals surface area contributed by atoms with Crippen molar-refractivity contribution in [3.63, 3.8) is 0 Å². The van der Waals surface area contributed by atoms with E-state index in [0.717, 1.165) is 0 Å². The molecule has 1 aliphatic heterocycles. The van der Waals surface area contributed by atoms with Crippen LogP contribution in [0.5, 0.6) is 11.5 Å². The first-order valence-corrected chi connectivity index (χ1v) is 4.84. The minimum absolute atomic E-state index is 0.164. The van der Waals surface area contributed by atoms with Crippen molar-refractivity contribution in [1.29, 1.82) is 0 Å². The summed E-state index contributed by atoms with van der Waals surface area (Å²) in [7, 11) is 0. The average molecular weight is 239 g/mol. The summed E-state index contributed by atoms with van der Waals surface area (Å²) in [6.45, 7) is 0.164. The van der Waals surface area contributed by atoms with Crippen LogP contribution in [0, 0.1) is 11.8 Å². The number of halogens is 1. The van der Waals surface area contributed by atoms with Crippen molar-refractivity contribution in [3.05, 3.63) is 22.7 Å². The third-order valence-electron chi connectivity index (χ3n) is 1.92. The van der Waals surface area contributed by atoms with Gasteiger partial charge in [0.15, 0.2) is 11.5 Å². The zero-order chi connectivity index (χ0) is 11.5. The summed E-state index contributed by atoms with van der Waals surface area (Å²) >= 11 is 5.94. The number of aliphatic carboxylic acids is 1. The van der Waals surface area contributed by atoms with Crippen molar-refractivity contribution >= 4 is 17.6 Å². The van der Waals surface area contributed by atoms with Crippen molar-refractivity contribution in [3.8, 4) is 23.3 Å². The standard InChI is InChI=1S/C11H7ClO4/c12-8-5-10-9(15-6-16-10)4-7(8)2-1-3-11(13)14/h4-5H,3,6H2,(H,13,14). The maximum Gasteiger partial charge on any atom is 0.315 e. The lowest BCUT2D eigenvalue weighted by Crippen LogP contribution is -1.92. The van der Waals surface area contributed by atoms with Gasteiger partial charge in [-0.3, -0.25) is 4.79 Å². The number of hydrogen-bond donors (Lipinski definition) is 1. The highest BCUT2D eigenvalue weighted by atomic mass is 35.5. The molecule has 0 radical (unpaired) electrons. The Balaban J connectivity index is 2.27. The molecule has 1 aromatic carbocycles. The SMILES string of the molecule is O=C(O)CC#Cc1cc2c(cc1Cl)OCO2. The third-order valence-corrected chi connectivity index (χ3v) is 2.24. The number of fused-ring (bicyclic) bond motifs is 1. The normalized spacial score (nSPS) is 11.8. The lowest BCUT2D eigenvalue weighted by atomic mass is 10.2. The van der Waals surface area contributed by atoms with E-state index in [0.29, 0.717) is 22.1 Å². The Morgan fingerprint density at radius 1 is 1.44 bits per heavy atom. The zero-order valence-electron chi connectivity index (χ0n) is 8.12. The summed E-state index contributed by atoms with van der Waals surface area (Å²) in [5.41, 5.74) is 0.534. The van der Waals surface area contributed by atoms with Gasteiger partial charge in [0.2, 0.25) is 6.79 Å². The molecule has 1 N–H and O–H groups in total. The zero-order valence-corrected chi connectivity index (χ0v) is 8.87. The predicted octanol–water partition coefficient (Wildman–Crippen LogP) is 1.89. The minimum atomic E-state index is -0.968. The quantitative estimate of drug-likeness (QED) is 0.759. The highest BCUT2D eigenvalue weighted by Crippen LogP contribution is 2.36. The Morgan fingerprint density at radius 3 is 2.81 bits per heavy atom. The summed E-state index contributed by atoms with van der Waals surface area (Å²) in [5.74, 6) is 5.36. The van der Waals surface area contributed by atoms with Gasteiger partial charge in [-0.25, -0.2) is 0 Å². The van der Waals surface area contributed by atoms with Crippen molar-refractivity contribution < 1.29 is 19.4 Å². The van der Waals surface area contributed by atoms with Gasteiger partial charge in [0, 0.05) is 17.7 Å². The molecule has 4 nitrogen and oxygen atoms in total. The molecule has 1 aliphatic rings. The molecule has 2 rings (SSSR count). The van der Waals surface area contributed by atoms with Crippen LogP contribution in [0.25, 0.3) is 0 Å². The number of carbonyl (C=O) groups is 1. The summed E-state index contributed by atoms with van der Waals surface area (Å²) in [6, 6.07) is 3.24. The van der Waals surface area contributed by atoms with Crippen LogP contribution in [0.1, 0.15) is 12.0 Å². The van der Waals surface area contributed by atoms with Crippen LogP contribution >= 0.6 is 11.6 Å². The second-order valence-corrected chi connectivity index (χ2v) is 3.46. The van der Waals surface area contributed by atoms with E-state index in [2.05, 4.69) is 11.8 Å². The van der Waals surface area contributed by atoms with Crippen LogP contribution in [0.15, 0.2) is 12.1 Å². The highest BCUT2D eigenvalue weighted by molar-refractivity contribution is 6.32. The number of hydrogen-bond acceptors (Lipinski definition) is 3. The van der Waals surface area contributed by atoms with Crippen molar-refractivity contribution in [2.24, 2.45) is 0 Å². The average Bonchev–Trinajstić information content (AvgIpc) is 2.64. The molecular formula is C11H7ClO4. The molecule has 1 aromatic rings. The Kier molecular flexibility index (Phi) is 2.88. The molecule has 16 heavy (non-hydrogen) atoms. The van der Waals surface area contributed by atoms with Crippen molar-refractivity contribution in [1.82, 2.24) is 0 Å².